The highest BCUT2D eigenvalue weighted by atomic mass is 15.1. The summed E-state index contributed by atoms with van der Waals surface area (Å²) >= 11 is 0. The molecule has 0 unspecified atom stereocenters. The zero-order valence-electron chi connectivity index (χ0n) is 34.1. The summed E-state index contributed by atoms with van der Waals surface area (Å²) in [6, 6.07) is 91.9. The Balaban J connectivity index is 0.915. The zero-order chi connectivity index (χ0) is 41.2. The molecule has 0 aliphatic heterocycles. The number of aromatic nitrogens is 1. The molecule has 0 atom stereocenters. The first-order chi connectivity index (χ1) is 30.8. The van der Waals surface area contributed by atoms with Crippen LogP contribution in [-0.2, 0) is 0 Å². The average molecular weight is 791 g/mol. The van der Waals surface area contributed by atoms with Crippen LogP contribution in [0.5, 0.6) is 0 Å². The standard InChI is InChI=1S/C60H42N2/c1-4-16-43(17-5-1)50-36-41-56-55-24-12-15-27-59(55)62(60(56)42-50)52-39-34-47(35-40-52)45-30-28-44(29-31-45)46-32-37-51(38-33-46)61(57-25-13-10-22-53(57)48-18-6-2-7-19-48)58-26-14-11-23-54(58)49-20-8-3-9-21-49/h1-42H. The summed E-state index contributed by atoms with van der Waals surface area (Å²) in [4.78, 5) is 2.41. The van der Waals surface area contributed by atoms with Crippen molar-refractivity contribution in [3.63, 3.8) is 0 Å². The van der Waals surface area contributed by atoms with Crippen molar-refractivity contribution >= 4 is 38.9 Å². The van der Waals surface area contributed by atoms with Gasteiger partial charge in [0.05, 0.1) is 22.4 Å². The highest BCUT2D eigenvalue weighted by Crippen LogP contribution is 2.45. The summed E-state index contributed by atoms with van der Waals surface area (Å²) < 4.78 is 2.40. The number of hydrogen-bond donors (Lipinski definition) is 0. The maximum absolute atomic E-state index is 2.41. The molecule has 0 spiro atoms. The first kappa shape index (κ1) is 36.8. The van der Waals surface area contributed by atoms with Gasteiger partial charge < -0.3 is 9.47 Å². The van der Waals surface area contributed by atoms with Crippen LogP contribution in [0, 0.1) is 0 Å². The lowest BCUT2D eigenvalue weighted by Gasteiger charge is -2.30. The van der Waals surface area contributed by atoms with E-state index in [-0.39, 0.29) is 0 Å². The lowest BCUT2D eigenvalue weighted by atomic mass is 9.98. The van der Waals surface area contributed by atoms with Crippen molar-refractivity contribution in [3.05, 3.63) is 255 Å². The van der Waals surface area contributed by atoms with Crippen molar-refractivity contribution in [2.24, 2.45) is 0 Å². The third kappa shape index (κ3) is 6.84. The highest BCUT2D eigenvalue weighted by Gasteiger charge is 2.20. The Morgan fingerprint density at radius 3 is 1.19 bits per heavy atom. The second-order valence-corrected chi connectivity index (χ2v) is 15.7. The molecule has 0 radical (unpaired) electrons. The molecule has 0 amide bonds. The molecular formula is C60H42N2. The Morgan fingerprint density at radius 1 is 0.258 bits per heavy atom. The maximum Gasteiger partial charge on any atom is 0.0547 e. The van der Waals surface area contributed by atoms with Gasteiger partial charge in [0.25, 0.3) is 0 Å². The predicted molar refractivity (Wildman–Crippen MR) is 263 cm³/mol. The minimum absolute atomic E-state index is 1.09. The fraction of sp³-hybridized carbons (Fsp3) is 0. The second-order valence-electron chi connectivity index (χ2n) is 15.7. The van der Waals surface area contributed by atoms with Gasteiger partial charge in [0.1, 0.15) is 0 Å². The number of nitrogens with zero attached hydrogens (tertiary/aromatic N) is 2. The molecule has 2 heteroatoms. The average Bonchev–Trinajstić information content (AvgIpc) is 3.69. The van der Waals surface area contributed by atoms with E-state index in [1.807, 2.05) is 0 Å². The third-order valence-electron chi connectivity index (χ3n) is 12.0. The van der Waals surface area contributed by atoms with Crippen LogP contribution in [0.2, 0.25) is 0 Å². The Kier molecular flexibility index (Phi) is 9.57. The minimum Gasteiger partial charge on any atom is -0.309 e. The van der Waals surface area contributed by atoms with Gasteiger partial charge in [-0.2, -0.15) is 0 Å². The summed E-state index contributed by atoms with van der Waals surface area (Å²) in [6.07, 6.45) is 0. The van der Waals surface area contributed by atoms with Crippen LogP contribution in [0.1, 0.15) is 0 Å². The molecule has 1 aromatic heterocycles. The van der Waals surface area contributed by atoms with Gasteiger partial charge in [-0.15, -0.1) is 0 Å². The Labute approximate surface area is 362 Å². The molecule has 0 N–H and O–H groups in total. The number of benzene rings is 10. The van der Waals surface area contributed by atoms with E-state index in [4.69, 9.17) is 0 Å². The van der Waals surface area contributed by atoms with Gasteiger partial charge in [-0.25, -0.2) is 0 Å². The van der Waals surface area contributed by atoms with Crippen LogP contribution in [0.15, 0.2) is 255 Å². The van der Waals surface area contributed by atoms with Crippen molar-refractivity contribution in [1.29, 1.82) is 0 Å². The quantitative estimate of drug-likeness (QED) is 0.141. The van der Waals surface area contributed by atoms with E-state index in [0.717, 1.165) is 22.7 Å². The van der Waals surface area contributed by atoms with Crippen LogP contribution in [0.3, 0.4) is 0 Å². The van der Waals surface area contributed by atoms with Crippen molar-refractivity contribution in [2.75, 3.05) is 4.90 Å². The van der Waals surface area contributed by atoms with E-state index >= 15 is 0 Å². The molecule has 11 rings (SSSR count). The van der Waals surface area contributed by atoms with Gasteiger partial charge in [-0.05, 0) is 93.0 Å². The normalized spacial score (nSPS) is 11.2. The van der Waals surface area contributed by atoms with Crippen molar-refractivity contribution < 1.29 is 0 Å². The summed E-state index contributed by atoms with van der Waals surface area (Å²) in [6.45, 7) is 0. The molecule has 0 aliphatic rings. The van der Waals surface area contributed by atoms with Crippen LogP contribution >= 0.6 is 0 Å². The largest absolute Gasteiger partial charge is 0.309 e. The summed E-state index contributed by atoms with van der Waals surface area (Å²) in [7, 11) is 0. The number of fused-ring (bicyclic) bond motifs is 3. The van der Waals surface area contributed by atoms with Crippen molar-refractivity contribution in [3.8, 4) is 61.3 Å². The number of hydrogen-bond acceptors (Lipinski definition) is 1. The summed E-state index contributed by atoms with van der Waals surface area (Å²) in [5.74, 6) is 0. The Bertz CT molecular complexity index is 3210. The van der Waals surface area contributed by atoms with E-state index in [9.17, 15) is 0 Å². The van der Waals surface area contributed by atoms with Gasteiger partial charge >= 0.3 is 0 Å². The molecule has 10 aromatic carbocycles. The molecule has 1 heterocycles. The fourth-order valence-corrected chi connectivity index (χ4v) is 8.99. The molecule has 0 bridgehead atoms. The highest BCUT2D eigenvalue weighted by molar-refractivity contribution is 6.10. The fourth-order valence-electron chi connectivity index (χ4n) is 8.99. The number of para-hydroxylation sites is 3. The SMILES string of the molecule is c1ccc(-c2ccc3c4ccccc4n(-c4ccc(-c5ccc(-c6ccc(N(c7ccccc7-c7ccccc7)c7ccccc7-c7ccccc7)cc6)cc5)cc4)c3c2)cc1. The van der Waals surface area contributed by atoms with Crippen molar-refractivity contribution in [1.82, 2.24) is 4.57 Å². The first-order valence-corrected chi connectivity index (χ1v) is 21.3. The first-order valence-electron chi connectivity index (χ1n) is 21.3. The molecule has 0 saturated carbocycles. The lowest BCUT2D eigenvalue weighted by Crippen LogP contribution is -2.12. The molecular weight excluding hydrogens is 749 g/mol. The molecule has 62 heavy (non-hydrogen) atoms. The lowest BCUT2D eigenvalue weighted by molar-refractivity contribution is 1.18. The topological polar surface area (TPSA) is 8.17 Å². The Hall–Kier alpha value is -8.20. The molecule has 0 aliphatic carbocycles. The summed E-state index contributed by atoms with van der Waals surface area (Å²) in [5, 5.41) is 2.52. The van der Waals surface area contributed by atoms with E-state index in [2.05, 4.69) is 264 Å². The molecule has 0 saturated heterocycles. The van der Waals surface area contributed by atoms with Gasteiger partial charge in [0.2, 0.25) is 0 Å². The van der Waals surface area contributed by atoms with Crippen LogP contribution < -0.4 is 4.90 Å². The molecule has 0 fully saturated rings. The van der Waals surface area contributed by atoms with Gasteiger partial charge in [0.15, 0.2) is 0 Å². The van der Waals surface area contributed by atoms with Gasteiger partial charge in [-0.3, -0.25) is 0 Å². The summed E-state index contributed by atoms with van der Waals surface area (Å²) in [5.41, 5.74) is 18.8. The minimum atomic E-state index is 1.09. The van der Waals surface area contributed by atoms with Gasteiger partial charge in [-0.1, -0.05) is 206 Å². The van der Waals surface area contributed by atoms with E-state index in [1.54, 1.807) is 0 Å². The molecule has 11 aromatic rings. The van der Waals surface area contributed by atoms with Crippen LogP contribution in [-0.4, -0.2) is 4.57 Å². The smallest absolute Gasteiger partial charge is 0.0547 e. The van der Waals surface area contributed by atoms with Crippen LogP contribution in [0.25, 0.3) is 83.1 Å². The van der Waals surface area contributed by atoms with Crippen molar-refractivity contribution in [2.45, 2.75) is 0 Å². The maximum atomic E-state index is 2.41. The monoisotopic (exact) mass is 790 g/mol. The van der Waals surface area contributed by atoms with Crippen LogP contribution in [0.4, 0.5) is 17.1 Å². The third-order valence-corrected chi connectivity index (χ3v) is 12.0. The van der Waals surface area contributed by atoms with E-state index < -0.39 is 0 Å². The zero-order valence-corrected chi connectivity index (χ0v) is 34.1. The van der Waals surface area contributed by atoms with E-state index in [0.29, 0.717) is 0 Å². The number of anilines is 3. The Morgan fingerprint density at radius 2 is 0.645 bits per heavy atom. The predicted octanol–water partition coefficient (Wildman–Crippen LogP) is 16.6. The van der Waals surface area contributed by atoms with Gasteiger partial charge in [0, 0.05) is 33.3 Å². The molecule has 292 valence electrons. The number of rotatable bonds is 9. The second kappa shape index (κ2) is 16.1. The molecule has 2 nitrogen and oxygen atoms in total. The van der Waals surface area contributed by atoms with E-state index in [1.165, 1.54) is 77.4 Å².